The molecule has 1 unspecified atom stereocenters. The quantitative estimate of drug-likeness (QED) is 0.555. The minimum atomic E-state index is -0.725. The lowest BCUT2D eigenvalue weighted by Gasteiger charge is -2.14. The molecule has 124 valence electrons. The molecule has 1 N–H and O–H groups in total. The molecule has 2 aromatic carbocycles. The molecule has 1 atom stereocenters. The maximum Gasteiger partial charge on any atom is 0.269 e. The van der Waals surface area contributed by atoms with Crippen molar-refractivity contribution in [2.75, 3.05) is 6.61 Å². The van der Waals surface area contributed by atoms with Crippen LogP contribution in [0.4, 0.5) is 5.69 Å². The fourth-order valence-electron chi connectivity index (χ4n) is 2.55. The SMILES string of the molecule is Cc1nc2ccccc2n1CC(O)COc1ccc([N+](=O)[O-])cc1. The molecule has 0 fully saturated rings. The van der Waals surface area contributed by atoms with Crippen LogP contribution in [-0.4, -0.2) is 32.3 Å². The van der Waals surface area contributed by atoms with Gasteiger partial charge in [0, 0.05) is 12.1 Å². The summed E-state index contributed by atoms with van der Waals surface area (Å²) >= 11 is 0. The van der Waals surface area contributed by atoms with Gasteiger partial charge in [0.05, 0.1) is 22.5 Å². The first-order valence-corrected chi connectivity index (χ1v) is 7.52. The maximum atomic E-state index is 10.6. The number of aryl methyl sites for hydroxylation is 1. The van der Waals surface area contributed by atoms with Crippen LogP contribution in [0.2, 0.25) is 0 Å². The van der Waals surface area contributed by atoms with E-state index in [2.05, 4.69) is 4.98 Å². The first-order valence-electron chi connectivity index (χ1n) is 7.52. The highest BCUT2D eigenvalue weighted by molar-refractivity contribution is 5.75. The van der Waals surface area contributed by atoms with Crippen molar-refractivity contribution < 1.29 is 14.8 Å². The summed E-state index contributed by atoms with van der Waals surface area (Å²) in [7, 11) is 0. The van der Waals surface area contributed by atoms with Gasteiger partial charge in [-0.15, -0.1) is 0 Å². The Labute approximate surface area is 138 Å². The summed E-state index contributed by atoms with van der Waals surface area (Å²) in [5.41, 5.74) is 1.85. The molecule has 0 aliphatic rings. The first kappa shape index (κ1) is 15.9. The van der Waals surface area contributed by atoms with Crippen LogP contribution in [0.15, 0.2) is 48.5 Å². The summed E-state index contributed by atoms with van der Waals surface area (Å²) in [5, 5.41) is 20.8. The number of aliphatic hydroxyl groups excluding tert-OH is 1. The average Bonchev–Trinajstić information content (AvgIpc) is 2.89. The van der Waals surface area contributed by atoms with Crippen LogP contribution in [0.1, 0.15) is 5.82 Å². The molecule has 0 saturated carbocycles. The fraction of sp³-hybridized carbons (Fsp3) is 0.235. The zero-order chi connectivity index (χ0) is 17.1. The zero-order valence-electron chi connectivity index (χ0n) is 13.1. The van der Waals surface area contributed by atoms with E-state index in [9.17, 15) is 15.2 Å². The number of hydrogen-bond donors (Lipinski definition) is 1. The molecule has 0 radical (unpaired) electrons. The Balaban J connectivity index is 1.64. The number of aromatic nitrogens is 2. The second kappa shape index (κ2) is 6.67. The van der Waals surface area contributed by atoms with Gasteiger partial charge in [-0.2, -0.15) is 0 Å². The van der Waals surface area contributed by atoms with Gasteiger partial charge >= 0.3 is 0 Å². The molecule has 3 rings (SSSR count). The van der Waals surface area contributed by atoms with Gasteiger partial charge in [0.1, 0.15) is 24.3 Å². The Morgan fingerprint density at radius 1 is 1.25 bits per heavy atom. The first-order chi connectivity index (χ1) is 11.5. The number of para-hydroxylation sites is 2. The number of benzene rings is 2. The van der Waals surface area contributed by atoms with E-state index >= 15 is 0 Å². The van der Waals surface area contributed by atoms with Crippen molar-refractivity contribution in [1.29, 1.82) is 0 Å². The standard InChI is InChI=1S/C17H17N3O4/c1-12-18-16-4-2-3-5-17(16)19(12)10-14(21)11-24-15-8-6-13(7-9-15)20(22)23/h2-9,14,21H,10-11H2,1H3. The van der Waals surface area contributed by atoms with E-state index < -0.39 is 11.0 Å². The summed E-state index contributed by atoms with van der Waals surface area (Å²) in [6.45, 7) is 2.34. The van der Waals surface area contributed by atoms with Gasteiger partial charge in [0.2, 0.25) is 0 Å². The number of rotatable bonds is 6. The highest BCUT2D eigenvalue weighted by Crippen LogP contribution is 2.18. The summed E-state index contributed by atoms with van der Waals surface area (Å²) in [6, 6.07) is 13.5. The number of hydrogen-bond acceptors (Lipinski definition) is 5. The van der Waals surface area contributed by atoms with Crippen molar-refractivity contribution in [2.24, 2.45) is 0 Å². The predicted molar refractivity (Wildman–Crippen MR) is 89.1 cm³/mol. The van der Waals surface area contributed by atoms with Gasteiger partial charge in [-0.3, -0.25) is 10.1 Å². The van der Waals surface area contributed by atoms with Crippen molar-refractivity contribution in [3.05, 3.63) is 64.5 Å². The Morgan fingerprint density at radius 2 is 1.96 bits per heavy atom. The number of aliphatic hydroxyl groups is 1. The largest absolute Gasteiger partial charge is 0.491 e. The number of imidazole rings is 1. The normalized spacial score (nSPS) is 12.2. The highest BCUT2D eigenvalue weighted by Gasteiger charge is 2.12. The minimum Gasteiger partial charge on any atom is -0.491 e. The number of non-ortho nitro benzene ring substituents is 1. The van der Waals surface area contributed by atoms with Crippen LogP contribution in [0.3, 0.4) is 0 Å². The van der Waals surface area contributed by atoms with Crippen LogP contribution < -0.4 is 4.74 Å². The van der Waals surface area contributed by atoms with E-state index in [4.69, 9.17) is 4.74 Å². The lowest BCUT2D eigenvalue weighted by atomic mass is 10.3. The molecule has 0 aliphatic heterocycles. The van der Waals surface area contributed by atoms with Gasteiger partial charge in [-0.25, -0.2) is 4.98 Å². The molecule has 0 amide bonds. The summed E-state index contributed by atoms with van der Waals surface area (Å²) in [4.78, 5) is 14.6. The Bertz CT molecular complexity index is 858. The number of fused-ring (bicyclic) bond motifs is 1. The topological polar surface area (TPSA) is 90.4 Å². The Kier molecular flexibility index (Phi) is 4.43. The van der Waals surface area contributed by atoms with Crippen LogP contribution in [0, 0.1) is 17.0 Å². The zero-order valence-corrected chi connectivity index (χ0v) is 13.1. The third-order valence-electron chi connectivity index (χ3n) is 3.73. The van der Waals surface area contributed by atoms with E-state index in [0.717, 1.165) is 16.9 Å². The van der Waals surface area contributed by atoms with Crippen molar-refractivity contribution in [1.82, 2.24) is 9.55 Å². The molecule has 0 aliphatic carbocycles. The summed E-state index contributed by atoms with van der Waals surface area (Å²) in [6.07, 6.45) is -0.725. The molecule has 0 bridgehead atoms. The lowest BCUT2D eigenvalue weighted by molar-refractivity contribution is -0.384. The maximum absolute atomic E-state index is 10.6. The third-order valence-corrected chi connectivity index (χ3v) is 3.73. The van der Waals surface area contributed by atoms with Gasteiger partial charge in [-0.1, -0.05) is 12.1 Å². The fourth-order valence-corrected chi connectivity index (χ4v) is 2.55. The van der Waals surface area contributed by atoms with Crippen molar-refractivity contribution in [2.45, 2.75) is 19.6 Å². The van der Waals surface area contributed by atoms with E-state index in [0.29, 0.717) is 12.3 Å². The van der Waals surface area contributed by atoms with Crippen LogP contribution in [0.5, 0.6) is 5.75 Å². The second-order valence-corrected chi connectivity index (χ2v) is 5.47. The average molecular weight is 327 g/mol. The van der Waals surface area contributed by atoms with E-state index in [1.165, 1.54) is 24.3 Å². The third kappa shape index (κ3) is 3.36. The lowest BCUT2D eigenvalue weighted by Crippen LogP contribution is -2.24. The van der Waals surface area contributed by atoms with Gasteiger partial charge in [0.15, 0.2) is 0 Å². The smallest absolute Gasteiger partial charge is 0.269 e. The molecule has 24 heavy (non-hydrogen) atoms. The molecular weight excluding hydrogens is 310 g/mol. The highest BCUT2D eigenvalue weighted by atomic mass is 16.6. The van der Waals surface area contributed by atoms with Crippen LogP contribution in [0.25, 0.3) is 11.0 Å². The van der Waals surface area contributed by atoms with Gasteiger partial charge in [0.25, 0.3) is 5.69 Å². The predicted octanol–water partition coefficient (Wildman–Crippen LogP) is 2.69. The second-order valence-electron chi connectivity index (χ2n) is 5.47. The molecule has 1 aromatic heterocycles. The number of nitro benzene ring substituents is 1. The minimum absolute atomic E-state index is 0.00316. The van der Waals surface area contributed by atoms with E-state index in [1.54, 1.807) is 0 Å². The van der Waals surface area contributed by atoms with Crippen LogP contribution >= 0.6 is 0 Å². The number of nitro groups is 1. The van der Waals surface area contributed by atoms with Gasteiger partial charge in [-0.05, 0) is 31.2 Å². The molecule has 7 nitrogen and oxygen atoms in total. The van der Waals surface area contributed by atoms with Gasteiger partial charge < -0.3 is 14.4 Å². The summed E-state index contributed by atoms with van der Waals surface area (Å²) in [5.74, 6) is 1.30. The van der Waals surface area contributed by atoms with E-state index in [1.807, 2.05) is 35.8 Å². The monoisotopic (exact) mass is 327 g/mol. The molecule has 0 spiro atoms. The Hall–Kier alpha value is -2.93. The molecule has 0 saturated heterocycles. The Morgan fingerprint density at radius 3 is 2.67 bits per heavy atom. The van der Waals surface area contributed by atoms with Crippen LogP contribution in [-0.2, 0) is 6.54 Å². The summed E-state index contributed by atoms with van der Waals surface area (Å²) < 4.78 is 7.44. The molecular formula is C17H17N3O4. The molecule has 3 aromatic rings. The molecule has 1 heterocycles. The van der Waals surface area contributed by atoms with Crippen molar-refractivity contribution in [3.8, 4) is 5.75 Å². The van der Waals surface area contributed by atoms with E-state index in [-0.39, 0.29) is 12.3 Å². The molecule has 7 heteroatoms. The number of ether oxygens (including phenoxy) is 1. The van der Waals surface area contributed by atoms with Crippen molar-refractivity contribution in [3.63, 3.8) is 0 Å². The van der Waals surface area contributed by atoms with Crippen molar-refractivity contribution >= 4 is 16.7 Å². The number of nitrogens with zero attached hydrogens (tertiary/aromatic N) is 3.